The Hall–Kier alpha value is -0.475. The minimum absolute atomic E-state index is 0.189. The minimum atomic E-state index is -0.494. The normalized spacial score (nSPS) is 9.73. The first-order chi connectivity index (χ1) is 5.11. The van der Waals surface area contributed by atoms with Crippen molar-refractivity contribution in [2.24, 2.45) is 0 Å². The standard InChI is InChI=1S/C7H8BBrO2/c1-8(11)5-2-3-7(10)6(9)4-5/h2-4,10-11H,1H3. The number of hydrogen-bond acceptors (Lipinski definition) is 2. The fraction of sp³-hybridized carbons (Fsp3) is 0.143. The van der Waals surface area contributed by atoms with E-state index < -0.39 is 6.92 Å². The van der Waals surface area contributed by atoms with Crippen LogP contribution in [0.25, 0.3) is 0 Å². The molecule has 0 aromatic heterocycles. The van der Waals surface area contributed by atoms with Gasteiger partial charge in [-0.15, -0.1) is 0 Å². The Kier molecular flexibility index (Phi) is 2.57. The van der Waals surface area contributed by atoms with E-state index in [1.54, 1.807) is 25.0 Å². The molecule has 4 heteroatoms. The molecule has 0 bridgehead atoms. The summed E-state index contributed by atoms with van der Waals surface area (Å²) in [6.45, 7) is 1.19. The van der Waals surface area contributed by atoms with Crippen molar-refractivity contribution in [1.29, 1.82) is 0 Å². The van der Waals surface area contributed by atoms with Crippen molar-refractivity contribution in [3.63, 3.8) is 0 Å². The average molecular weight is 215 g/mol. The highest BCUT2D eigenvalue weighted by molar-refractivity contribution is 9.10. The molecule has 0 fully saturated rings. The topological polar surface area (TPSA) is 40.5 Å². The number of rotatable bonds is 1. The Morgan fingerprint density at radius 1 is 1.45 bits per heavy atom. The van der Waals surface area contributed by atoms with Gasteiger partial charge in [0.2, 0.25) is 0 Å². The molecule has 2 N–H and O–H groups in total. The van der Waals surface area contributed by atoms with Crippen molar-refractivity contribution in [1.82, 2.24) is 0 Å². The van der Waals surface area contributed by atoms with Crippen molar-refractivity contribution in [3.8, 4) is 5.75 Å². The fourth-order valence-electron chi connectivity index (χ4n) is 0.783. The molecule has 0 heterocycles. The van der Waals surface area contributed by atoms with Crippen LogP contribution in [0.3, 0.4) is 0 Å². The van der Waals surface area contributed by atoms with Crippen molar-refractivity contribution in [3.05, 3.63) is 22.7 Å². The molecular weight excluding hydrogens is 207 g/mol. The first-order valence-corrected chi connectivity index (χ1v) is 4.07. The molecule has 0 unspecified atom stereocenters. The van der Waals surface area contributed by atoms with Gasteiger partial charge in [-0.05, 0) is 33.5 Å². The summed E-state index contributed by atoms with van der Waals surface area (Å²) in [6.07, 6.45) is 0. The molecule has 0 saturated carbocycles. The van der Waals surface area contributed by atoms with Crippen LogP contribution >= 0.6 is 15.9 Å². The van der Waals surface area contributed by atoms with E-state index in [2.05, 4.69) is 15.9 Å². The van der Waals surface area contributed by atoms with E-state index in [-0.39, 0.29) is 5.75 Å². The van der Waals surface area contributed by atoms with Crippen molar-refractivity contribution < 1.29 is 10.1 Å². The summed E-state index contributed by atoms with van der Waals surface area (Å²) in [7, 11) is 0. The second-order valence-electron chi connectivity index (χ2n) is 2.39. The van der Waals surface area contributed by atoms with Crippen molar-refractivity contribution >= 4 is 28.3 Å². The van der Waals surface area contributed by atoms with Gasteiger partial charge >= 0.3 is 6.92 Å². The third-order valence-electron chi connectivity index (χ3n) is 1.45. The maximum atomic E-state index is 9.14. The zero-order chi connectivity index (χ0) is 8.43. The maximum absolute atomic E-state index is 9.14. The summed E-state index contributed by atoms with van der Waals surface area (Å²) in [5, 5.41) is 18.2. The summed E-state index contributed by atoms with van der Waals surface area (Å²) in [4.78, 5) is 0. The largest absolute Gasteiger partial charge is 0.507 e. The number of halogens is 1. The van der Waals surface area contributed by atoms with Crippen LogP contribution < -0.4 is 5.46 Å². The van der Waals surface area contributed by atoms with E-state index in [1.165, 1.54) is 0 Å². The highest BCUT2D eigenvalue weighted by Crippen LogP contribution is 2.20. The number of aromatic hydroxyl groups is 1. The molecule has 1 aromatic rings. The molecule has 0 aliphatic rings. The van der Waals surface area contributed by atoms with Crippen molar-refractivity contribution in [2.45, 2.75) is 6.82 Å². The number of phenolic OH excluding ortho intramolecular Hbond substituents is 1. The summed E-state index contributed by atoms with van der Waals surface area (Å²) in [5.41, 5.74) is 0.787. The van der Waals surface area contributed by atoms with E-state index in [0.29, 0.717) is 4.47 Å². The summed E-state index contributed by atoms with van der Waals surface area (Å²) in [5.74, 6) is 0.189. The first kappa shape index (κ1) is 8.62. The van der Waals surface area contributed by atoms with E-state index >= 15 is 0 Å². The number of benzene rings is 1. The predicted molar refractivity (Wildman–Crippen MR) is 49.3 cm³/mol. The maximum Gasteiger partial charge on any atom is 0.320 e. The molecular formula is C7H8BBrO2. The van der Waals surface area contributed by atoms with Gasteiger partial charge in [0, 0.05) is 0 Å². The molecule has 11 heavy (non-hydrogen) atoms. The van der Waals surface area contributed by atoms with Crippen LogP contribution in [0.2, 0.25) is 6.82 Å². The van der Waals surface area contributed by atoms with Crippen molar-refractivity contribution in [2.75, 3.05) is 0 Å². The Morgan fingerprint density at radius 2 is 2.09 bits per heavy atom. The molecule has 0 radical (unpaired) electrons. The molecule has 1 rings (SSSR count). The van der Waals surface area contributed by atoms with E-state index in [9.17, 15) is 0 Å². The van der Waals surface area contributed by atoms with Gasteiger partial charge in [-0.1, -0.05) is 12.9 Å². The summed E-state index contributed by atoms with van der Waals surface area (Å²) >= 11 is 3.15. The Bertz CT molecular complexity index is 263. The molecule has 0 aliphatic carbocycles. The van der Waals surface area contributed by atoms with Gasteiger partial charge in [-0.25, -0.2) is 0 Å². The Morgan fingerprint density at radius 3 is 2.55 bits per heavy atom. The molecule has 1 aromatic carbocycles. The molecule has 0 spiro atoms. The fourth-order valence-corrected chi connectivity index (χ4v) is 1.18. The Labute approximate surface area is 74.1 Å². The van der Waals surface area contributed by atoms with E-state index in [0.717, 1.165) is 5.46 Å². The lowest BCUT2D eigenvalue weighted by atomic mass is 9.64. The first-order valence-electron chi connectivity index (χ1n) is 3.27. The van der Waals surface area contributed by atoms with Crippen LogP contribution in [-0.4, -0.2) is 17.0 Å². The molecule has 2 nitrogen and oxygen atoms in total. The quantitative estimate of drug-likeness (QED) is 0.685. The Balaban J connectivity index is 3.05. The van der Waals surface area contributed by atoms with Crippen LogP contribution in [-0.2, 0) is 0 Å². The lowest BCUT2D eigenvalue weighted by Crippen LogP contribution is -2.25. The minimum Gasteiger partial charge on any atom is -0.507 e. The third-order valence-corrected chi connectivity index (χ3v) is 2.09. The smallest absolute Gasteiger partial charge is 0.320 e. The number of hydrogen-bond donors (Lipinski definition) is 2. The summed E-state index contributed by atoms with van der Waals surface area (Å²) < 4.78 is 0.607. The summed E-state index contributed by atoms with van der Waals surface area (Å²) in [6, 6.07) is 4.93. The highest BCUT2D eigenvalue weighted by Gasteiger charge is 2.07. The van der Waals surface area contributed by atoms with Gasteiger partial charge in [-0.3, -0.25) is 0 Å². The SMILES string of the molecule is CB(O)c1ccc(O)c(Br)c1. The average Bonchev–Trinajstić information content (AvgIpc) is 1.94. The zero-order valence-corrected chi connectivity index (χ0v) is 7.67. The van der Waals surface area contributed by atoms with Crippen LogP contribution in [0.4, 0.5) is 0 Å². The lowest BCUT2D eigenvalue weighted by Gasteiger charge is -2.02. The van der Waals surface area contributed by atoms with Gasteiger partial charge in [0.1, 0.15) is 5.75 Å². The molecule has 0 saturated heterocycles. The van der Waals surface area contributed by atoms with Crippen LogP contribution in [0, 0.1) is 0 Å². The van der Waals surface area contributed by atoms with Crippen LogP contribution in [0.15, 0.2) is 22.7 Å². The molecule has 0 atom stereocenters. The molecule has 0 amide bonds. The van der Waals surface area contributed by atoms with E-state index in [1.807, 2.05) is 0 Å². The van der Waals surface area contributed by atoms with Crippen LogP contribution in [0.5, 0.6) is 5.75 Å². The molecule has 58 valence electrons. The monoisotopic (exact) mass is 214 g/mol. The molecule has 0 aliphatic heterocycles. The van der Waals surface area contributed by atoms with Gasteiger partial charge in [0.25, 0.3) is 0 Å². The van der Waals surface area contributed by atoms with Gasteiger partial charge in [0.05, 0.1) is 4.47 Å². The van der Waals surface area contributed by atoms with E-state index in [4.69, 9.17) is 10.1 Å². The highest BCUT2D eigenvalue weighted by atomic mass is 79.9. The zero-order valence-electron chi connectivity index (χ0n) is 6.08. The van der Waals surface area contributed by atoms with Gasteiger partial charge < -0.3 is 10.1 Å². The predicted octanol–water partition coefficient (Wildman–Crippen LogP) is 0.975. The third kappa shape index (κ3) is 1.98. The van der Waals surface area contributed by atoms with Crippen LogP contribution in [0.1, 0.15) is 0 Å². The second kappa shape index (κ2) is 3.28. The number of phenols is 1. The van der Waals surface area contributed by atoms with Gasteiger partial charge in [0.15, 0.2) is 0 Å². The second-order valence-corrected chi connectivity index (χ2v) is 3.24. The lowest BCUT2D eigenvalue weighted by molar-refractivity contribution is 0.472. The van der Waals surface area contributed by atoms with Gasteiger partial charge in [-0.2, -0.15) is 0 Å².